The van der Waals surface area contributed by atoms with E-state index in [1.807, 2.05) is 0 Å². The Bertz CT molecular complexity index is 699. The van der Waals surface area contributed by atoms with Gasteiger partial charge in [-0.25, -0.2) is 4.79 Å². The summed E-state index contributed by atoms with van der Waals surface area (Å²) in [5, 5.41) is 13.4. The zero-order valence-electron chi connectivity index (χ0n) is 11.2. The molecule has 0 aliphatic heterocycles. The highest BCUT2D eigenvalue weighted by Crippen LogP contribution is 2.35. The van der Waals surface area contributed by atoms with Crippen LogP contribution in [0.3, 0.4) is 0 Å². The number of phenolic OH excluding ortho intramolecular Hbond substituents is 1. The molecular weight excluding hydrogens is 317 g/mol. The van der Waals surface area contributed by atoms with Gasteiger partial charge in [0.25, 0.3) is 0 Å². The highest BCUT2D eigenvalue weighted by Gasteiger charge is 2.17. The summed E-state index contributed by atoms with van der Waals surface area (Å²) in [6, 6.07) is 4.48. The van der Waals surface area contributed by atoms with E-state index in [1.54, 1.807) is 13.0 Å². The molecule has 0 unspecified atom stereocenters. The molecule has 1 N–H and O–H groups in total. The Morgan fingerprint density at radius 1 is 1.33 bits per heavy atom. The molecule has 0 aliphatic rings. The van der Waals surface area contributed by atoms with E-state index in [2.05, 4.69) is 5.16 Å². The molecule has 7 heteroatoms. The molecule has 0 atom stereocenters. The molecule has 0 saturated heterocycles. The molecule has 5 nitrogen and oxygen atoms in total. The van der Waals surface area contributed by atoms with Gasteiger partial charge < -0.3 is 14.4 Å². The van der Waals surface area contributed by atoms with Gasteiger partial charge in [-0.1, -0.05) is 28.4 Å². The van der Waals surface area contributed by atoms with Crippen LogP contribution < -0.4 is 0 Å². The van der Waals surface area contributed by atoms with E-state index in [-0.39, 0.29) is 21.4 Å². The Hall–Kier alpha value is -1.98. The Morgan fingerprint density at radius 2 is 1.95 bits per heavy atom. The molecule has 110 valence electrons. The number of aromatic nitrogens is 1. The monoisotopic (exact) mass is 327 g/mol. The summed E-state index contributed by atoms with van der Waals surface area (Å²) >= 11 is 11.7. The zero-order valence-corrected chi connectivity index (χ0v) is 12.7. The number of hydrogen-bond acceptors (Lipinski definition) is 5. The van der Waals surface area contributed by atoms with Gasteiger partial charge in [0, 0.05) is 6.07 Å². The van der Waals surface area contributed by atoms with Crippen LogP contribution in [0.2, 0.25) is 10.0 Å². The lowest BCUT2D eigenvalue weighted by atomic mass is 10.0. The maximum atomic E-state index is 11.9. The summed E-state index contributed by atoms with van der Waals surface area (Å²) in [4.78, 5) is 11.9. The van der Waals surface area contributed by atoms with Gasteiger partial charge in [0.1, 0.15) is 0 Å². The van der Waals surface area contributed by atoms with E-state index >= 15 is 0 Å². The number of carbonyl (C=O) groups is 1. The van der Waals surface area contributed by atoms with Crippen LogP contribution in [0.25, 0.3) is 11.6 Å². The smallest absolute Gasteiger partial charge is 0.338 e. The van der Waals surface area contributed by atoms with Crippen LogP contribution in [0, 0.1) is 6.92 Å². The lowest BCUT2D eigenvalue weighted by Gasteiger charge is -2.08. The van der Waals surface area contributed by atoms with E-state index in [4.69, 9.17) is 32.5 Å². The molecular formula is C14H11Cl2NO4. The number of nitrogens with zero attached hydrogens (tertiary/aromatic N) is 1. The molecule has 1 aromatic heterocycles. The zero-order chi connectivity index (χ0) is 15.6. The standard InChI is InChI=1S/C14H11Cl2NO4/c1-7-3-9(21-17-7)6-10(14(19)20-2)8-4-11(15)13(18)12(16)5-8/h3-6,18H,1-2H3. The average molecular weight is 328 g/mol. The second kappa shape index (κ2) is 6.20. The third-order valence-electron chi connectivity index (χ3n) is 2.67. The number of aromatic hydroxyl groups is 1. The number of rotatable bonds is 3. The second-order valence-electron chi connectivity index (χ2n) is 4.21. The summed E-state index contributed by atoms with van der Waals surface area (Å²) in [6.45, 7) is 1.76. The number of aryl methyl sites for hydroxylation is 1. The molecule has 0 radical (unpaired) electrons. The first-order valence-corrected chi connectivity index (χ1v) is 6.59. The van der Waals surface area contributed by atoms with Crippen LogP contribution in [0.5, 0.6) is 5.75 Å². The average Bonchev–Trinajstić information content (AvgIpc) is 2.86. The van der Waals surface area contributed by atoms with Gasteiger partial charge in [0.15, 0.2) is 11.5 Å². The first-order valence-electron chi connectivity index (χ1n) is 5.84. The predicted octanol–water partition coefficient (Wildman–Crippen LogP) is 3.71. The van der Waals surface area contributed by atoms with Crippen molar-refractivity contribution in [1.82, 2.24) is 5.16 Å². The first kappa shape index (κ1) is 15.4. The van der Waals surface area contributed by atoms with Crippen molar-refractivity contribution in [2.75, 3.05) is 7.11 Å². The predicted molar refractivity (Wildman–Crippen MR) is 79.3 cm³/mol. The van der Waals surface area contributed by atoms with Gasteiger partial charge in [-0.15, -0.1) is 0 Å². The molecule has 21 heavy (non-hydrogen) atoms. The van der Waals surface area contributed by atoms with E-state index in [9.17, 15) is 9.90 Å². The molecule has 1 aromatic carbocycles. The van der Waals surface area contributed by atoms with Crippen molar-refractivity contribution in [3.63, 3.8) is 0 Å². The van der Waals surface area contributed by atoms with Crippen LogP contribution in [0.1, 0.15) is 17.0 Å². The second-order valence-corrected chi connectivity index (χ2v) is 5.02. The van der Waals surface area contributed by atoms with Crippen molar-refractivity contribution < 1.29 is 19.2 Å². The van der Waals surface area contributed by atoms with Crippen LogP contribution >= 0.6 is 23.2 Å². The molecule has 0 bridgehead atoms. The van der Waals surface area contributed by atoms with Gasteiger partial charge in [0.05, 0.1) is 28.4 Å². The summed E-state index contributed by atoms with van der Waals surface area (Å²) in [5.41, 5.74) is 1.24. The molecule has 0 saturated carbocycles. The summed E-state index contributed by atoms with van der Waals surface area (Å²) in [6.07, 6.45) is 1.46. The minimum atomic E-state index is -0.595. The SMILES string of the molecule is COC(=O)C(=Cc1cc(C)no1)c1cc(Cl)c(O)c(Cl)c1. The fourth-order valence-electron chi connectivity index (χ4n) is 1.68. The number of phenols is 1. The van der Waals surface area contributed by atoms with Gasteiger partial charge in [-0.05, 0) is 30.7 Å². The molecule has 0 fully saturated rings. The molecule has 0 amide bonds. The van der Waals surface area contributed by atoms with Crippen molar-refractivity contribution in [1.29, 1.82) is 0 Å². The number of benzene rings is 1. The fraction of sp³-hybridized carbons (Fsp3) is 0.143. The van der Waals surface area contributed by atoms with Crippen molar-refractivity contribution >= 4 is 40.8 Å². The Morgan fingerprint density at radius 3 is 2.43 bits per heavy atom. The Kier molecular flexibility index (Phi) is 4.55. The number of halogens is 2. The minimum Gasteiger partial charge on any atom is -0.505 e. The van der Waals surface area contributed by atoms with Crippen LogP contribution in [-0.2, 0) is 9.53 Å². The van der Waals surface area contributed by atoms with Gasteiger partial charge in [-0.3, -0.25) is 0 Å². The fourth-order valence-corrected chi connectivity index (χ4v) is 2.17. The van der Waals surface area contributed by atoms with Crippen molar-refractivity contribution in [3.8, 4) is 5.75 Å². The van der Waals surface area contributed by atoms with Gasteiger partial charge in [-0.2, -0.15) is 0 Å². The highest BCUT2D eigenvalue weighted by atomic mass is 35.5. The highest BCUT2D eigenvalue weighted by molar-refractivity contribution is 6.38. The summed E-state index contributed by atoms with van der Waals surface area (Å²) < 4.78 is 9.78. The van der Waals surface area contributed by atoms with E-state index in [0.29, 0.717) is 17.0 Å². The molecule has 1 heterocycles. The minimum absolute atomic E-state index is 0.0288. The van der Waals surface area contributed by atoms with Crippen molar-refractivity contribution in [3.05, 3.63) is 45.3 Å². The van der Waals surface area contributed by atoms with E-state index in [1.165, 1.54) is 25.3 Å². The maximum Gasteiger partial charge on any atom is 0.338 e. The first-order chi connectivity index (χ1) is 9.92. The Balaban J connectivity index is 2.56. The van der Waals surface area contributed by atoms with Gasteiger partial charge in [0.2, 0.25) is 0 Å². The number of methoxy groups -OCH3 is 1. The quantitative estimate of drug-likeness (QED) is 0.687. The summed E-state index contributed by atoms with van der Waals surface area (Å²) in [7, 11) is 1.26. The molecule has 0 spiro atoms. The lowest BCUT2D eigenvalue weighted by Crippen LogP contribution is -2.04. The molecule has 2 aromatic rings. The van der Waals surface area contributed by atoms with E-state index < -0.39 is 5.97 Å². The number of carbonyl (C=O) groups excluding carboxylic acids is 1. The number of ether oxygens (including phenoxy) is 1. The lowest BCUT2D eigenvalue weighted by molar-refractivity contribution is -0.133. The van der Waals surface area contributed by atoms with Crippen molar-refractivity contribution in [2.24, 2.45) is 0 Å². The maximum absolute atomic E-state index is 11.9. The molecule has 2 rings (SSSR count). The molecule has 0 aliphatic carbocycles. The summed E-state index contributed by atoms with van der Waals surface area (Å²) in [5.74, 6) is -0.461. The third-order valence-corrected chi connectivity index (χ3v) is 3.24. The van der Waals surface area contributed by atoms with Crippen LogP contribution in [-0.4, -0.2) is 23.3 Å². The third kappa shape index (κ3) is 3.37. The topological polar surface area (TPSA) is 72.6 Å². The van der Waals surface area contributed by atoms with Crippen LogP contribution in [0.15, 0.2) is 22.7 Å². The number of esters is 1. The normalized spacial score (nSPS) is 11.5. The van der Waals surface area contributed by atoms with Gasteiger partial charge >= 0.3 is 5.97 Å². The van der Waals surface area contributed by atoms with Crippen LogP contribution in [0.4, 0.5) is 0 Å². The van der Waals surface area contributed by atoms with Crippen molar-refractivity contribution in [2.45, 2.75) is 6.92 Å². The Labute approximate surface area is 130 Å². The number of hydrogen-bond donors (Lipinski definition) is 1. The largest absolute Gasteiger partial charge is 0.505 e. The van der Waals surface area contributed by atoms with E-state index in [0.717, 1.165) is 0 Å².